The van der Waals surface area contributed by atoms with Crippen LogP contribution in [0.4, 0.5) is 0 Å². The summed E-state index contributed by atoms with van der Waals surface area (Å²) < 4.78 is 0. The van der Waals surface area contributed by atoms with E-state index in [9.17, 15) is 0 Å². The first kappa shape index (κ1) is 39.1. The van der Waals surface area contributed by atoms with Gasteiger partial charge in [0, 0.05) is 27.7 Å². The number of fused-ring (bicyclic) bond motifs is 8. The first-order valence-corrected chi connectivity index (χ1v) is 23.0. The molecule has 2 fully saturated rings. The third-order valence-corrected chi connectivity index (χ3v) is 14.3. The van der Waals surface area contributed by atoms with Crippen molar-refractivity contribution in [3.05, 3.63) is 187 Å². The molecule has 2 bridgehead atoms. The Labute approximate surface area is 379 Å². The largest absolute Gasteiger partial charge is 0.241 e. The molecule has 0 radical (unpaired) electrons. The standard InChI is InChI=1S/C58H47N7/c1-36-29-38-31-37(2)58(45(30-36)32-38)48-26-16-15-25-46(48)47-33-43(27-28-49(47)58)44-34-50(56-62-52(39-17-7-3-8-18-39)60-53(63-56)40-19-9-4-10-20-40)59-51(35-44)57-64-54(41-21-11-5-12-22-41)61-55(65-57)42-23-13-6-14-24-42/h3-28,33-38,45H,29-32H2,1-2H3. The number of hydrogen-bond acceptors (Lipinski definition) is 7. The van der Waals surface area contributed by atoms with Gasteiger partial charge in [-0.15, -0.1) is 0 Å². The van der Waals surface area contributed by atoms with E-state index in [-0.39, 0.29) is 5.41 Å². The molecule has 2 saturated carbocycles. The third-order valence-electron chi connectivity index (χ3n) is 14.3. The normalized spacial score (nSPS) is 20.6. The van der Waals surface area contributed by atoms with Crippen LogP contribution in [0.25, 0.3) is 90.8 Å². The van der Waals surface area contributed by atoms with Gasteiger partial charge >= 0.3 is 0 Å². The summed E-state index contributed by atoms with van der Waals surface area (Å²) in [6.07, 6.45) is 5.22. The number of hydrogen-bond donors (Lipinski definition) is 0. The molecule has 0 aliphatic heterocycles. The highest BCUT2D eigenvalue weighted by Gasteiger charge is 2.56. The fourth-order valence-corrected chi connectivity index (χ4v) is 11.7. The highest BCUT2D eigenvalue weighted by Crippen LogP contribution is 2.64. The van der Waals surface area contributed by atoms with Crippen LogP contribution in [0.15, 0.2) is 176 Å². The van der Waals surface area contributed by atoms with E-state index in [1.54, 1.807) is 0 Å². The zero-order valence-corrected chi connectivity index (χ0v) is 36.5. The fraction of sp³-hybridized carbons (Fsp3) is 0.190. The Kier molecular flexibility index (Phi) is 9.59. The van der Waals surface area contributed by atoms with Crippen molar-refractivity contribution < 1.29 is 0 Å². The summed E-state index contributed by atoms with van der Waals surface area (Å²) in [6, 6.07) is 61.0. The summed E-state index contributed by atoms with van der Waals surface area (Å²) in [5.74, 6) is 5.93. The number of pyridine rings is 1. The van der Waals surface area contributed by atoms with Crippen molar-refractivity contribution in [1.29, 1.82) is 0 Å². The molecule has 7 nitrogen and oxygen atoms in total. The molecule has 3 aliphatic carbocycles. The zero-order chi connectivity index (χ0) is 43.5. The minimum Gasteiger partial charge on any atom is -0.241 e. The van der Waals surface area contributed by atoms with Crippen molar-refractivity contribution in [2.75, 3.05) is 0 Å². The lowest BCUT2D eigenvalue weighted by molar-refractivity contribution is 0.0426. The molecule has 6 aromatic carbocycles. The van der Waals surface area contributed by atoms with Crippen LogP contribution in [0.1, 0.15) is 50.7 Å². The summed E-state index contributed by atoms with van der Waals surface area (Å²) in [5.41, 5.74) is 12.5. The maximum Gasteiger partial charge on any atom is 0.182 e. The van der Waals surface area contributed by atoms with E-state index in [2.05, 4.69) is 68.4 Å². The molecule has 0 N–H and O–H groups in total. The van der Waals surface area contributed by atoms with Crippen LogP contribution in [0.5, 0.6) is 0 Å². The molecular formula is C58H47N7. The van der Waals surface area contributed by atoms with Gasteiger partial charge < -0.3 is 0 Å². The minimum atomic E-state index is 0.00329. The lowest BCUT2D eigenvalue weighted by Gasteiger charge is -2.54. The van der Waals surface area contributed by atoms with Crippen molar-refractivity contribution in [3.8, 4) is 90.8 Å². The molecule has 3 aliphatic rings. The quantitative estimate of drug-likeness (QED) is 0.158. The lowest BCUT2D eigenvalue weighted by atomic mass is 9.49. The Balaban J connectivity index is 1.08. The molecule has 7 heteroatoms. The zero-order valence-electron chi connectivity index (χ0n) is 36.5. The van der Waals surface area contributed by atoms with Gasteiger partial charge in [-0.25, -0.2) is 34.9 Å². The number of nitrogens with zero attached hydrogens (tertiary/aromatic N) is 7. The highest BCUT2D eigenvalue weighted by atomic mass is 15.1. The van der Waals surface area contributed by atoms with E-state index in [0.29, 0.717) is 58.2 Å². The smallest absolute Gasteiger partial charge is 0.182 e. The summed E-state index contributed by atoms with van der Waals surface area (Å²) in [6.45, 7) is 5.00. The van der Waals surface area contributed by atoms with Gasteiger partial charge in [0.25, 0.3) is 0 Å². The number of aromatic nitrogens is 7. The van der Waals surface area contributed by atoms with Crippen LogP contribution >= 0.6 is 0 Å². The van der Waals surface area contributed by atoms with E-state index in [4.69, 9.17) is 34.9 Å². The Morgan fingerprint density at radius 3 is 1.31 bits per heavy atom. The van der Waals surface area contributed by atoms with Crippen molar-refractivity contribution in [2.24, 2.45) is 23.7 Å². The van der Waals surface area contributed by atoms with Crippen molar-refractivity contribution in [1.82, 2.24) is 34.9 Å². The Morgan fingerprint density at radius 1 is 0.354 bits per heavy atom. The lowest BCUT2D eigenvalue weighted by Crippen LogP contribution is -2.49. The van der Waals surface area contributed by atoms with Gasteiger partial charge in [0.05, 0.1) is 0 Å². The van der Waals surface area contributed by atoms with Gasteiger partial charge in [0.1, 0.15) is 11.4 Å². The monoisotopic (exact) mass is 841 g/mol. The van der Waals surface area contributed by atoms with Gasteiger partial charge in [0.2, 0.25) is 0 Å². The second-order valence-corrected chi connectivity index (χ2v) is 18.4. The highest BCUT2D eigenvalue weighted by molar-refractivity contribution is 5.86. The van der Waals surface area contributed by atoms with Gasteiger partial charge in [-0.3, -0.25) is 0 Å². The van der Waals surface area contributed by atoms with E-state index < -0.39 is 0 Å². The Morgan fingerprint density at radius 2 is 0.800 bits per heavy atom. The minimum absolute atomic E-state index is 0.00329. The predicted molar refractivity (Wildman–Crippen MR) is 259 cm³/mol. The van der Waals surface area contributed by atoms with Crippen LogP contribution in [-0.2, 0) is 5.41 Å². The summed E-state index contributed by atoms with van der Waals surface area (Å²) >= 11 is 0. The molecule has 9 aromatic rings. The molecule has 0 saturated heterocycles. The van der Waals surface area contributed by atoms with Gasteiger partial charge in [-0.1, -0.05) is 172 Å². The molecular weight excluding hydrogens is 795 g/mol. The average molecular weight is 842 g/mol. The maximum absolute atomic E-state index is 5.36. The van der Waals surface area contributed by atoms with Gasteiger partial charge in [-0.05, 0) is 101 Å². The van der Waals surface area contributed by atoms with Gasteiger partial charge in [-0.2, -0.15) is 0 Å². The van der Waals surface area contributed by atoms with E-state index >= 15 is 0 Å². The summed E-state index contributed by atoms with van der Waals surface area (Å²) in [7, 11) is 0. The molecule has 3 aromatic heterocycles. The molecule has 5 atom stereocenters. The molecule has 12 rings (SSSR count). The topological polar surface area (TPSA) is 90.2 Å². The van der Waals surface area contributed by atoms with E-state index in [1.165, 1.54) is 47.9 Å². The Bertz CT molecular complexity index is 2950. The molecule has 3 heterocycles. The predicted octanol–water partition coefficient (Wildman–Crippen LogP) is 13.5. The average Bonchev–Trinajstić information content (AvgIpc) is 3.67. The molecule has 5 unspecified atom stereocenters. The second-order valence-electron chi connectivity index (χ2n) is 18.4. The van der Waals surface area contributed by atoms with E-state index in [0.717, 1.165) is 45.2 Å². The van der Waals surface area contributed by atoms with Crippen LogP contribution in [-0.4, -0.2) is 34.9 Å². The first-order valence-electron chi connectivity index (χ1n) is 23.0. The van der Waals surface area contributed by atoms with Crippen molar-refractivity contribution >= 4 is 0 Å². The van der Waals surface area contributed by atoms with Crippen LogP contribution in [0, 0.1) is 23.7 Å². The fourth-order valence-electron chi connectivity index (χ4n) is 11.7. The number of rotatable bonds is 7. The SMILES string of the molecule is CC1CC2CC(C)C3(c4ccccc4-c4cc(-c5cc(-c6nc(-c7ccccc7)nc(-c7ccccc7)n6)nc(-c6nc(-c7ccccc7)nc(-c7ccccc7)n6)c5)ccc43)C(C1)C2. The van der Waals surface area contributed by atoms with E-state index in [1.807, 2.05) is 121 Å². The maximum atomic E-state index is 5.36. The molecule has 65 heavy (non-hydrogen) atoms. The van der Waals surface area contributed by atoms with Crippen LogP contribution in [0.3, 0.4) is 0 Å². The molecule has 314 valence electrons. The summed E-state index contributed by atoms with van der Waals surface area (Å²) in [5, 5.41) is 0. The van der Waals surface area contributed by atoms with Crippen LogP contribution in [0.2, 0.25) is 0 Å². The molecule has 1 spiro atoms. The first-order chi connectivity index (χ1) is 32.0. The van der Waals surface area contributed by atoms with Gasteiger partial charge in [0.15, 0.2) is 34.9 Å². The third kappa shape index (κ3) is 6.85. The second kappa shape index (κ2) is 15.9. The van der Waals surface area contributed by atoms with Crippen LogP contribution < -0.4 is 0 Å². The Hall–Kier alpha value is -7.51. The molecule has 0 amide bonds. The summed E-state index contributed by atoms with van der Waals surface area (Å²) in [4.78, 5) is 36.0. The van der Waals surface area contributed by atoms with Crippen molar-refractivity contribution in [2.45, 2.75) is 44.9 Å². The number of benzene rings is 6. The van der Waals surface area contributed by atoms with Crippen molar-refractivity contribution in [3.63, 3.8) is 0 Å².